The SMILES string of the molecule is O=C(NC1CN2CCC1C2)c1cc2sc(F)cc2cn1. The summed E-state index contributed by atoms with van der Waals surface area (Å²) in [7, 11) is 0. The van der Waals surface area contributed by atoms with E-state index in [9.17, 15) is 9.18 Å². The van der Waals surface area contributed by atoms with E-state index in [2.05, 4.69) is 15.2 Å². The van der Waals surface area contributed by atoms with E-state index in [0.29, 0.717) is 11.6 Å². The predicted molar refractivity (Wildman–Crippen MR) is 75.4 cm³/mol. The van der Waals surface area contributed by atoms with E-state index < -0.39 is 0 Å². The fourth-order valence-corrected chi connectivity index (χ4v) is 4.01. The van der Waals surface area contributed by atoms with Crippen LogP contribution in [0.2, 0.25) is 0 Å². The zero-order valence-electron chi connectivity index (χ0n) is 10.8. The van der Waals surface area contributed by atoms with Crippen LogP contribution in [-0.4, -0.2) is 41.5 Å². The molecule has 2 saturated heterocycles. The number of fused-ring (bicyclic) bond motifs is 3. The first-order chi connectivity index (χ1) is 9.69. The van der Waals surface area contributed by atoms with E-state index in [4.69, 9.17) is 0 Å². The lowest BCUT2D eigenvalue weighted by molar-refractivity contribution is 0.0919. The lowest BCUT2D eigenvalue weighted by Crippen LogP contribution is -2.43. The van der Waals surface area contributed by atoms with Crippen LogP contribution in [0, 0.1) is 11.0 Å². The van der Waals surface area contributed by atoms with Gasteiger partial charge in [-0.3, -0.25) is 9.78 Å². The molecule has 0 aliphatic carbocycles. The lowest BCUT2D eigenvalue weighted by Gasteiger charge is -2.22. The Labute approximate surface area is 119 Å². The Bertz CT molecular complexity index is 686. The van der Waals surface area contributed by atoms with Gasteiger partial charge in [0.05, 0.1) is 0 Å². The summed E-state index contributed by atoms with van der Waals surface area (Å²) in [5, 5.41) is 3.56. The molecule has 20 heavy (non-hydrogen) atoms. The molecule has 0 aromatic carbocycles. The largest absolute Gasteiger partial charge is 0.346 e. The van der Waals surface area contributed by atoms with E-state index in [-0.39, 0.29) is 17.1 Å². The number of rotatable bonds is 2. The molecule has 2 aliphatic rings. The van der Waals surface area contributed by atoms with Crippen LogP contribution in [-0.2, 0) is 0 Å². The first-order valence-corrected chi connectivity index (χ1v) is 7.59. The minimum absolute atomic E-state index is 0.153. The van der Waals surface area contributed by atoms with Gasteiger partial charge in [-0.2, -0.15) is 4.39 Å². The van der Waals surface area contributed by atoms with Gasteiger partial charge in [0.2, 0.25) is 0 Å². The molecular weight excluding hydrogens is 277 g/mol. The van der Waals surface area contributed by atoms with Gasteiger partial charge in [0, 0.05) is 35.4 Å². The zero-order chi connectivity index (χ0) is 13.7. The number of aromatic nitrogens is 1. The number of carbonyl (C=O) groups excluding carboxylic acids is 1. The van der Waals surface area contributed by atoms with Crippen molar-refractivity contribution in [3.05, 3.63) is 29.2 Å². The highest BCUT2D eigenvalue weighted by Crippen LogP contribution is 2.28. The number of pyridine rings is 1. The fourth-order valence-electron chi connectivity index (χ4n) is 3.22. The molecule has 2 aromatic heterocycles. The summed E-state index contributed by atoms with van der Waals surface area (Å²) >= 11 is 1.04. The smallest absolute Gasteiger partial charge is 0.270 e. The van der Waals surface area contributed by atoms with Crippen LogP contribution in [0.25, 0.3) is 10.1 Å². The minimum Gasteiger partial charge on any atom is -0.346 e. The molecule has 4 nitrogen and oxygen atoms in total. The monoisotopic (exact) mass is 291 g/mol. The summed E-state index contributed by atoms with van der Waals surface area (Å²) in [6.07, 6.45) is 2.72. The van der Waals surface area contributed by atoms with Crippen LogP contribution in [0.15, 0.2) is 18.3 Å². The van der Waals surface area contributed by atoms with Gasteiger partial charge in [-0.1, -0.05) is 0 Å². The molecular formula is C14H14FN3OS. The molecule has 1 amide bonds. The van der Waals surface area contributed by atoms with Gasteiger partial charge in [0.1, 0.15) is 5.69 Å². The normalized spacial score (nSPS) is 28.1. The highest BCUT2D eigenvalue weighted by molar-refractivity contribution is 7.17. The third kappa shape index (κ3) is 1.99. The van der Waals surface area contributed by atoms with E-state index in [1.807, 2.05) is 0 Å². The molecule has 0 spiro atoms. The van der Waals surface area contributed by atoms with Crippen LogP contribution in [0.1, 0.15) is 16.9 Å². The molecule has 104 valence electrons. The molecule has 4 heterocycles. The molecule has 6 heteroatoms. The van der Waals surface area contributed by atoms with Crippen LogP contribution in [0.3, 0.4) is 0 Å². The summed E-state index contributed by atoms with van der Waals surface area (Å²) in [6.45, 7) is 3.18. The summed E-state index contributed by atoms with van der Waals surface area (Å²) in [4.78, 5) is 18.8. The van der Waals surface area contributed by atoms with Gasteiger partial charge in [-0.05, 0) is 31.0 Å². The quantitative estimate of drug-likeness (QED) is 0.919. The molecule has 0 saturated carbocycles. The molecule has 2 fully saturated rings. The molecule has 2 aliphatic heterocycles. The van der Waals surface area contributed by atoms with Gasteiger partial charge in [0.15, 0.2) is 5.13 Å². The Hall–Kier alpha value is -1.53. The summed E-state index contributed by atoms with van der Waals surface area (Å²) in [6, 6.07) is 3.35. The summed E-state index contributed by atoms with van der Waals surface area (Å²) in [5.41, 5.74) is 0.372. The van der Waals surface area contributed by atoms with Crippen LogP contribution in [0.4, 0.5) is 4.39 Å². The maximum absolute atomic E-state index is 13.2. The minimum atomic E-state index is -0.250. The van der Waals surface area contributed by atoms with Crippen molar-refractivity contribution in [3.8, 4) is 0 Å². The zero-order valence-corrected chi connectivity index (χ0v) is 11.6. The van der Waals surface area contributed by atoms with Crippen LogP contribution < -0.4 is 5.32 Å². The van der Waals surface area contributed by atoms with Gasteiger partial charge in [-0.25, -0.2) is 0 Å². The summed E-state index contributed by atoms with van der Waals surface area (Å²) < 4.78 is 13.9. The van der Waals surface area contributed by atoms with E-state index >= 15 is 0 Å². The van der Waals surface area contributed by atoms with E-state index in [1.165, 1.54) is 6.07 Å². The summed E-state index contributed by atoms with van der Waals surface area (Å²) in [5.74, 6) is 0.418. The first kappa shape index (κ1) is 12.2. The van der Waals surface area contributed by atoms with E-state index in [0.717, 1.165) is 47.5 Å². The number of piperidine rings is 1. The lowest BCUT2D eigenvalue weighted by atomic mass is 10.00. The highest BCUT2D eigenvalue weighted by atomic mass is 32.1. The molecule has 3 unspecified atom stereocenters. The number of nitrogens with one attached hydrogen (secondary N) is 1. The standard InChI is InChI=1S/C14H14FN3OS/c15-13-3-9-5-16-10(4-12(9)20-13)14(19)17-11-7-18-2-1-8(11)6-18/h3-5,8,11H,1-2,6-7H2,(H,17,19). The Balaban J connectivity index is 1.54. The van der Waals surface area contributed by atoms with Crippen molar-refractivity contribution in [2.24, 2.45) is 5.92 Å². The van der Waals surface area contributed by atoms with Crippen LogP contribution in [0.5, 0.6) is 0 Å². The van der Waals surface area contributed by atoms with Crippen molar-refractivity contribution in [1.29, 1.82) is 0 Å². The van der Waals surface area contributed by atoms with Crippen molar-refractivity contribution < 1.29 is 9.18 Å². The average Bonchev–Trinajstić information content (AvgIpc) is 3.10. The highest BCUT2D eigenvalue weighted by Gasteiger charge is 2.38. The Kier molecular flexibility index (Phi) is 2.75. The maximum atomic E-state index is 13.2. The number of carbonyl (C=O) groups is 1. The Morgan fingerprint density at radius 2 is 2.35 bits per heavy atom. The number of hydrogen-bond acceptors (Lipinski definition) is 4. The maximum Gasteiger partial charge on any atom is 0.270 e. The van der Waals surface area contributed by atoms with Gasteiger partial charge in [-0.15, -0.1) is 11.3 Å². The fraction of sp³-hybridized carbons (Fsp3) is 0.429. The molecule has 2 aromatic rings. The van der Waals surface area contributed by atoms with Gasteiger partial charge >= 0.3 is 0 Å². The van der Waals surface area contributed by atoms with Gasteiger partial charge in [0.25, 0.3) is 5.91 Å². The Morgan fingerprint density at radius 3 is 3.10 bits per heavy atom. The molecule has 3 atom stereocenters. The van der Waals surface area contributed by atoms with Crippen molar-refractivity contribution >= 4 is 27.3 Å². The van der Waals surface area contributed by atoms with Crippen molar-refractivity contribution in [2.45, 2.75) is 12.5 Å². The number of hydrogen-bond donors (Lipinski definition) is 1. The van der Waals surface area contributed by atoms with Crippen molar-refractivity contribution in [3.63, 3.8) is 0 Å². The topological polar surface area (TPSA) is 45.2 Å². The second-order valence-corrected chi connectivity index (χ2v) is 6.58. The average molecular weight is 291 g/mol. The van der Waals surface area contributed by atoms with E-state index in [1.54, 1.807) is 12.3 Å². The second kappa shape index (κ2) is 4.49. The Morgan fingerprint density at radius 1 is 1.45 bits per heavy atom. The number of halogens is 1. The van der Waals surface area contributed by atoms with Crippen molar-refractivity contribution in [2.75, 3.05) is 19.6 Å². The second-order valence-electron chi connectivity index (χ2n) is 5.55. The number of amides is 1. The molecule has 1 N–H and O–H groups in total. The third-order valence-electron chi connectivity index (χ3n) is 4.25. The molecule has 0 radical (unpaired) electrons. The third-order valence-corrected chi connectivity index (χ3v) is 5.14. The molecule has 2 bridgehead atoms. The number of thiophene rings is 1. The number of nitrogens with zero attached hydrogens (tertiary/aromatic N) is 2. The predicted octanol–water partition coefficient (Wildman–Crippen LogP) is 1.87. The first-order valence-electron chi connectivity index (χ1n) is 6.77. The van der Waals surface area contributed by atoms with Crippen LogP contribution >= 0.6 is 11.3 Å². The molecule has 4 rings (SSSR count). The van der Waals surface area contributed by atoms with Gasteiger partial charge < -0.3 is 10.2 Å². The van der Waals surface area contributed by atoms with Crippen molar-refractivity contribution in [1.82, 2.24) is 15.2 Å².